The largest absolute Gasteiger partial charge is 0.342 e. The van der Waals surface area contributed by atoms with Gasteiger partial charge in [0.15, 0.2) is 5.69 Å². The number of nitrogens with one attached hydrogen (secondary N) is 1. The van der Waals surface area contributed by atoms with Gasteiger partial charge in [0.25, 0.3) is 0 Å². The molecule has 0 atom stereocenters. The van der Waals surface area contributed by atoms with Crippen LogP contribution in [0.25, 0.3) is 22.2 Å². The van der Waals surface area contributed by atoms with Crippen molar-refractivity contribution in [2.75, 3.05) is 0 Å². The van der Waals surface area contributed by atoms with Gasteiger partial charge >= 0.3 is 0 Å². The lowest BCUT2D eigenvalue weighted by molar-refractivity contribution is 0.837. The van der Waals surface area contributed by atoms with Crippen LogP contribution in [0.5, 0.6) is 0 Å². The zero-order valence-corrected chi connectivity index (χ0v) is 12.3. The molecule has 5 nitrogen and oxygen atoms in total. The van der Waals surface area contributed by atoms with Gasteiger partial charge < -0.3 is 4.57 Å². The standard InChI is InChI=1S/C18H13N5/c19-10-16-18(21-22-20-16)15-12-23(11-13-6-2-1-3-7-13)17-9-5-4-8-14(15)17/h1-9,12H,11H2,(H,20,21,22). The van der Waals surface area contributed by atoms with E-state index in [1.54, 1.807) is 0 Å². The first-order chi connectivity index (χ1) is 11.4. The molecule has 0 aliphatic carbocycles. The molecule has 0 aliphatic heterocycles. The number of aromatic amines is 1. The van der Waals surface area contributed by atoms with Crippen LogP contribution in [0.1, 0.15) is 11.3 Å². The maximum atomic E-state index is 9.20. The maximum absolute atomic E-state index is 9.20. The van der Waals surface area contributed by atoms with E-state index < -0.39 is 0 Å². The highest BCUT2D eigenvalue weighted by atomic mass is 15.3. The molecule has 4 aromatic rings. The molecule has 0 saturated heterocycles. The molecule has 0 spiro atoms. The first kappa shape index (κ1) is 13.3. The minimum Gasteiger partial charge on any atom is -0.342 e. The van der Waals surface area contributed by atoms with Crippen LogP contribution in [0.2, 0.25) is 0 Å². The zero-order valence-electron chi connectivity index (χ0n) is 12.3. The summed E-state index contributed by atoms with van der Waals surface area (Å²) in [5.74, 6) is 0. The van der Waals surface area contributed by atoms with E-state index in [0.717, 1.165) is 23.0 Å². The van der Waals surface area contributed by atoms with Gasteiger partial charge in [0.1, 0.15) is 11.8 Å². The highest BCUT2D eigenvalue weighted by Crippen LogP contribution is 2.31. The number of nitrogens with zero attached hydrogens (tertiary/aromatic N) is 4. The predicted octanol–water partition coefficient (Wildman–Crippen LogP) is 3.35. The molecule has 2 aromatic heterocycles. The van der Waals surface area contributed by atoms with Crippen LogP contribution >= 0.6 is 0 Å². The zero-order chi connectivity index (χ0) is 15.6. The van der Waals surface area contributed by atoms with Gasteiger partial charge in [-0.05, 0) is 11.6 Å². The van der Waals surface area contributed by atoms with Crippen LogP contribution in [0.15, 0.2) is 60.8 Å². The smallest absolute Gasteiger partial charge is 0.190 e. The van der Waals surface area contributed by atoms with E-state index in [0.29, 0.717) is 11.4 Å². The second-order valence-electron chi connectivity index (χ2n) is 5.31. The number of fused-ring (bicyclic) bond motifs is 1. The fourth-order valence-electron chi connectivity index (χ4n) is 2.84. The third-order valence-electron chi connectivity index (χ3n) is 3.89. The van der Waals surface area contributed by atoms with E-state index in [9.17, 15) is 5.26 Å². The van der Waals surface area contributed by atoms with Crippen molar-refractivity contribution in [3.8, 4) is 17.3 Å². The second-order valence-corrected chi connectivity index (χ2v) is 5.31. The Kier molecular flexibility index (Phi) is 3.13. The van der Waals surface area contributed by atoms with E-state index in [4.69, 9.17) is 0 Å². The molecule has 0 unspecified atom stereocenters. The molecule has 0 radical (unpaired) electrons. The number of H-pyrrole nitrogens is 1. The fourth-order valence-corrected chi connectivity index (χ4v) is 2.84. The predicted molar refractivity (Wildman–Crippen MR) is 87.6 cm³/mol. The quantitative estimate of drug-likeness (QED) is 0.630. The minimum absolute atomic E-state index is 0.313. The number of rotatable bonds is 3. The minimum atomic E-state index is 0.313. The Morgan fingerprint density at radius 2 is 1.78 bits per heavy atom. The van der Waals surface area contributed by atoms with Crippen LogP contribution in [0.4, 0.5) is 0 Å². The van der Waals surface area contributed by atoms with Crippen LogP contribution in [0, 0.1) is 11.3 Å². The van der Waals surface area contributed by atoms with Crippen molar-refractivity contribution in [3.63, 3.8) is 0 Å². The molecule has 0 bridgehead atoms. The average molecular weight is 299 g/mol. The molecule has 5 heteroatoms. The van der Waals surface area contributed by atoms with Gasteiger partial charge in [-0.25, -0.2) is 0 Å². The molecule has 23 heavy (non-hydrogen) atoms. The number of hydrogen-bond donors (Lipinski definition) is 1. The van der Waals surface area contributed by atoms with E-state index in [2.05, 4.69) is 44.2 Å². The maximum Gasteiger partial charge on any atom is 0.190 e. The third-order valence-corrected chi connectivity index (χ3v) is 3.89. The van der Waals surface area contributed by atoms with Gasteiger partial charge in [-0.15, -0.1) is 5.10 Å². The summed E-state index contributed by atoms with van der Waals surface area (Å²) in [5.41, 5.74) is 4.16. The number of benzene rings is 2. The lowest BCUT2D eigenvalue weighted by Crippen LogP contribution is -1.97. The Morgan fingerprint density at radius 3 is 2.61 bits per heavy atom. The summed E-state index contributed by atoms with van der Waals surface area (Å²) in [5, 5.41) is 20.9. The molecule has 0 fully saturated rings. The van der Waals surface area contributed by atoms with Crippen LogP contribution in [-0.4, -0.2) is 20.0 Å². The van der Waals surface area contributed by atoms with Crippen LogP contribution in [-0.2, 0) is 6.54 Å². The van der Waals surface area contributed by atoms with Crippen molar-refractivity contribution >= 4 is 10.9 Å². The van der Waals surface area contributed by atoms with Gasteiger partial charge in [-0.2, -0.15) is 15.6 Å². The van der Waals surface area contributed by atoms with Gasteiger partial charge in [0.05, 0.1) is 0 Å². The summed E-state index contributed by atoms with van der Waals surface area (Å²) in [6.45, 7) is 0.765. The number of nitriles is 1. The normalized spacial score (nSPS) is 10.7. The molecule has 2 heterocycles. The third kappa shape index (κ3) is 2.27. The van der Waals surface area contributed by atoms with Crippen molar-refractivity contribution in [2.24, 2.45) is 0 Å². The topological polar surface area (TPSA) is 70.3 Å². The number of aromatic nitrogens is 4. The fraction of sp³-hybridized carbons (Fsp3) is 0.0556. The SMILES string of the molecule is N#Cc1n[nH]nc1-c1cn(Cc2ccccc2)c2ccccc12. The lowest BCUT2D eigenvalue weighted by Gasteiger charge is -2.05. The molecule has 0 aliphatic rings. The number of para-hydroxylation sites is 1. The Bertz CT molecular complexity index is 1000. The summed E-state index contributed by atoms with van der Waals surface area (Å²) in [4.78, 5) is 0. The Labute approximate surface area is 132 Å². The monoisotopic (exact) mass is 299 g/mol. The Morgan fingerprint density at radius 1 is 1.00 bits per heavy atom. The second kappa shape index (κ2) is 5.43. The van der Waals surface area contributed by atoms with Gasteiger partial charge in [0.2, 0.25) is 0 Å². The molecule has 2 aromatic carbocycles. The highest BCUT2D eigenvalue weighted by Gasteiger charge is 2.16. The number of hydrogen-bond acceptors (Lipinski definition) is 3. The highest BCUT2D eigenvalue weighted by molar-refractivity contribution is 5.96. The summed E-state index contributed by atoms with van der Waals surface area (Å²) in [6.07, 6.45) is 2.04. The van der Waals surface area contributed by atoms with Gasteiger partial charge in [-0.3, -0.25) is 0 Å². The first-order valence-corrected chi connectivity index (χ1v) is 7.30. The van der Waals surface area contributed by atoms with E-state index in [-0.39, 0.29) is 0 Å². The Balaban J connectivity index is 1.89. The summed E-state index contributed by atoms with van der Waals surface area (Å²) in [7, 11) is 0. The van der Waals surface area contributed by atoms with Crippen LogP contribution in [0.3, 0.4) is 0 Å². The molecule has 4 rings (SSSR count). The molecular weight excluding hydrogens is 286 g/mol. The average Bonchev–Trinajstić information content (AvgIpc) is 3.20. The Hall–Kier alpha value is -3.39. The van der Waals surface area contributed by atoms with Crippen molar-refractivity contribution in [2.45, 2.75) is 6.54 Å². The van der Waals surface area contributed by atoms with E-state index in [1.165, 1.54) is 5.56 Å². The van der Waals surface area contributed by atoms with Crippen molar-refractivity contribution in [3.05, 3.63) is 72.1 Å². The summed E-state index contributed by atoms with van der Waals surface area (Å²) >= 11 is 0. The molecular formula is C18H13N5. The lowest BCUT2D eigenvalue weighted by atomic mass is 10.1. The van der Waals surface area contributed by atoms with Gasteiger partial charge in [0, 0.05) is 29.2 Å². The molecule has 1 N–H and O–H groups in total. The van der Waals surface area contributed by atoms with Gasteiger partial charge in [-0.1, -0.05) is 48.5 Å². The summed E-state index contributed by atoms with van der Waals surface area (Å²) < 4.78 is 2.18. The van der Waals surface area contributed by atoms with E-state index >= 15 is 0 Å². The molecule has 0 saturated carbocycles. The molecule has 0 amide bonds. The van der Waals surface area contributed by atoms with Crippen LogP contribution < -0.4 is 0 Å². The first-order valence-electron chi connectivity index (χ1n) is 7.30. The molecule has 110 valence electrons. The van der Waals surface area contributed by atoms with Crippen molar-refractivity contribution in [1.82, 2.24) is 20.0 Å². The summed E-state index contributed by atoms with van der Waals surface area (Å²) in [6, 6.07) is 20.5. The van der Waals surface area contributed by atoms with E-state index in [1.807, 2.05) is 42.6 Å². The van der Waals surface area contributed by atoms with Crippen molar-refractivity contribution < 1.29 is 0 Å². The van der Waals surface area contributed by atoms with Crippen molar-refractivity contribution in [1.29, 1.82) is 5.26 Å².